The maximum absolute atomic E-state index is 10.2. The number of ether oxygens (including phenoxy) is 1. The summed E-state index contributed by atoms with van der Waals surface area (Å²) in [5.41, 5.74) is 4.88. The molecule has 0 atom stereocenters. The van der Waals surface area contributed by atoms with Crippen LogP contribution in [-0.4, -0.2) is 19.1 Å². The molecule has 62 valence electrons. The van der Waals surface area contributed by atoms with Gasteiger partial charge in [0.25, 0.3) is 0 Å². The first kappa shape index (κ1) is 9.99. The molecule has 0 unspecified atom stereocenters. The Kier molecular flexibility index (Phi) is 6.45. The molecule has 0 spiro atoms. The summed E-state index contributed by atoms with van der Waals surface area (Å²) < 4.78 is 4.97. The molecule has 0 aliphatic heterocycles. The molecule has 0 saturated carbocycles. The average molecular weight is 155 g/mol. The number of amides is 1. The first-order valence-electron chi connectivity index (χ1n) is 3.59. The second-order valence-corrected chi connectivity index (χ2v) is 1.98. The van der Waals surface area contributed by atoms with Gasteiger partial charge in [0.1, 0.15) is 6.61 Å². The fraction of sp³-hybridized carbons (Fsp3) is 0.625. The first-order chi connectivity index (χ1) is 5.27. The Balaban J connectivity index is 3.08. The van der Waals surface area contributed by atoms with Crippen LogP contribution in [-0.2, 0) is 9.53 Å². The molecule has 0 aliphatic carbocycles. The van der Waals surface area contributed by atoms with E-state index in [2.05, 4.69) is 11.8 Å². The van der Waals surface area contributed by atoms with Crippen molar-refractivity contribution in [2.75, 3.05) is 13.2 Å². The standard InChI is InChI=1S/C8H13NO2/c1-2-3-4-6-11-7-5-8(9)10/h2,5-7H2,1H3,(H2,9,10). The van der Waals surface area contributed by atoms with Gasteiger partial charge in [0.05, 0.1) is 6.61 Å². The van der Waals surface area contributed by atoms with Gasteiger partial charge in [-0.3, -0.25) is 4.79 Å². The minimum absolute atomic E-state index is 0.272. The lowest BCUT2D eigenvalue weighted by Gasteiger charge is -1.94. The van der Waals surface area contributed by atoms with Crippen molar-refractivity contribution >= 4 is 5.91 Å². The van der Waals surface area contributed by atoms with Crippen molar-refractivity contribution in [1.29, 1.82) is 0 Å². The molecule has 3 heteroatoms. The molecule has 0 aromatic carbocycles. The molecular weight excluding hydrogens is 142 g/mol. The highest BCUT2D eigenvalue weighted by atomic mass is 16.5. The van der Waals surface area contributed by atoms with E-state index in [0.717, 1.165) is 6.42 Å². The lowest BCUT2D eigenvalue weighted by molar-refractivity contribution is -0.118. The largest absolute Gasteiger partial charge is 0.370 e. The second kappa shape index (κ2) is 7.10. The van der Waals surface area contributed by atoms with E-state index in [-0.39, 0.29) is 12.3 Å². The van der Waals surface area contributed by atoms with E-state index in [1.165, 1.54) is 0 Å². The van der Waals surface area contributed by atoms with Gasteiger partial charge in [-0.25, -0.2) is 0 Å². The highest BCUT2D eigenvalue weighted by molar-refractivity contribution is 5.73. The van der Waals surface area contributed by atoms with Crippen LogP contribution in [0.3, 0.4) is 0 Å². The van der Waals surface area contributed by atoms with Crippen molar-refractivity contribution in [2.45, 2.75) is 19.8 Å². The van der Waals surface area contributed by atoms with Crippen LogP contribution in [0, 0.1) is 11.8 Å². The van der Waals surface area contributed by atoms with Crippen molar-refractivity contribution < 1.29 is 9.53 Å². The Morgan fingerprint density at radius 3 is 2.82 bits per heavy atom. The van der Waals surface area contributed by atoms with Crippen molar-refractivity contribution in [2.24, 2.45) is 5.73 Å². The maximum atomic E-state index is 10.2. The Hall–Kier alpha value is -1.01. The molecule has 1 amide bonds. The number of primary amides is 1. The molecule has 0 saturated heterocycles. The topological polar surface area (TPSA) is 52.3 Å². The summed E-state index contributed by atoms with van der Waals surface area (Å²) in [4.78, 5) is 10.2. The molecule has 0 aromatic heterocycles. The highest BCUT2D eigenvalue weighted by Gasteiger charge is 1.91. The Bertz CT molecular complexity index is 167. The summed E-state index contributed by atoms with van der Waals surface area (Å²) in [6, 6.07) is 0. The Labute approximate surface area is 66.9 Å². The van der Waals surface area contributed by atoms with Gasteiger partial charge in [0, 0.05) is 12.8 Å². The van der Waals surface area contributed by atoms with E-state index in [4.69, 9.17) is 10.5 Å². The number of carbonyl (C=O) groups is 1. The van der Waals surface area contributed by atoms with Crippen LogP contribution in [0.2, 0.25) is 0 Å². The van der Waals surface area contributed by atoms with E-state index in [0.29, 0.717) is 13.2 Å². The third-order valence-electron chi connectivity index (χ3n) is 0.969. The van der Waals surface area contributed by atoms with E-state index >= 15 is 0 Å². The van der Waals surface area contributed by atoms with Crippen molar-refractivity contribution in [1.82, 2.24) is 0 Å². The predicted molar refractivity (Wildman–Crippen MR) is 42.7 cm³/mol. The van der Waals surface area contributed by atoms with Crippen molar-refractivity contribution in [3.63, 3.8) is 0 Å². The summed E-state index contributed by atoms with van der Waals surface area (Å²) in [6.45, 7) is 2.73. The number of carbonyl (C=O) groups excluding carboxylic acids is 1. The zero-order valence-electron chi connectivity index (χ0n) is 6.72. The third-order valence-corrected chi connectivity index (χ3v) is 0.969. The minimum atomic E-state index is -0.339. The smallest absolute Gasteiger partial charge is 0.219 e. The summed E-state index contributed by atoms with van der Waals surface area (Å²) in [5, 5.41) is 0. The van der Waals surface area contributed by atoms with Crippen LogP contribution >= 0.6 is 0 Å². The minimum Gasteiger partial charge on any atom is -0.370 e. The van der Waals surface area contributed by atoms with Gasteiger partial charge in [-0.05, 0) is 0 Å². The fourth-order valence-electron chi connectivity index (χ4n) is 0.472. The van der Waals surface area contributed by atoms with E-state index in [1.54, 1.807) is 0 Å². The summed E-state index contributed by atoms with van der Waals surface area (Å²) in [5.74, 6) is 5.29. The van der Waals surface area contributed by atoms with Gasteiger partial charge < -0.3 is 10.5 Å². The molecule has 11 heavy (non-hydrogen) atoms. The lowest BCUT2D eigenvalue weighted by atomic mass is 10.4. The zero-order valence-corrected chi connectivity index (χ0v) is 6.72. The molecule has 0 aromatic rings. The molecule has 0 rings (SSSR count). The summed E-state index contributed by atoms with van der Waals surface area (Å²) >= 11 is 0. The monoisotopic (exact) mass is 155 g/mol. The van der Waals surface area contributed by atoms with E-state index < -0.39 is 0 Å². The van der Waals surface area contributed by atoms with Gasteiger partial charge in [-0.1, -0.05) is 12.8 Å². The van der Waals surface area contributed by atoms with Crippen LogP contribution in [0.4, 0.5) is 0 Å². The second-order valence-electron chi connectivity index (χ2n) is 1.98. The Morgan fingerprint density at radius 1 is 1.55 bits per heavy atom. The van der Waals surface area contributed by atoms with Crippen molar-refractivity contribution in [3.05, 3.63) is 0 Å². The van der Waals surface area contributed by atoms with Gasteiger partial charge in [0.15, 0.2) is 0 Å². The van der Waals surface area contributed by atoms with Crippen LogP contribution in [0.5, 0.6) is 0 Å². The van der Waals surface area contributed by atoms with Gasteiger partial charge in [-0.15, -0.1) is 5.92 Å². The normalized spacial score (nSPS) is 8.45. The first-order valence-corrected chi connectivity index (χ1v) is 3.59. The molecular formula is C8H13NO2. The highest BCUT2D eigenvalue weighted by Crippen LogP contribution is 1.79. The average Bonchev–Trinajstić information content (AvgIpc) is 1.96. The summed E-state index contributed by atoms with van der Waals surface area (Å²) in [6.07, 6.45) is 1.10. The number of hydrogen-bond acceptors (Lipinski definition) is 2. The zero-order chi connectivity index (χ0) is 8.53. The maximum Gasteiger partial charge on any atom is 0.219 e. The van der Waals surface area contributed by atoms with E-state index in [9.17, 15) is 4.79 Å². The molecule has 2 N–H and O–H groups in total. The van der Waals surface area contributed by atoms with Crippen LogP contribution in [0.15, 0.2) is 0 Å². The van der Waals surface area contributed by atoms with Crippen LogP contribution in [0.1, 0.15) is 19.8 Å². The van der Waals surface area contributed by atoms with Gasteiger partial charge in [-0.2, -0.15) is 0 Å². The molecule has 0 heterocycles. The van der Waals surface area contributed by atoms with Gasteiger partial charge >= 0.3 is 0 Å². The summed E-state index contributed by atoms with van der Waals surface area (Å²) in [7, 11) is 0. The van der Waals surface area contributed by atoms with Crippen LogP contribution < -0.4 is 5.73 Å². The number of hydrogen-bond donors (Lipinski definition) is 1. The Morgan fingerprint density at radius 2 is 2.27 bits per heavy atom. The quantitative estimate of drug-likeness (QED) is 0.468. The number of rotatable bonds is 4. The number of nitrogens with two attached hydrogens (primary N) is 1. The third kappa shape index (κ3) is 8.99. The van der Waals surface area contributed by atoms with Gasteiger partial charge in [0.2, 0.25) is 5.91 Å². The fourth-order valence-corrected chi connectivity index (χ4v) is 0.472. The predicted octanol–water partition coefficient (Wildman–Crippen LogP) is 0.292. The molecule has 0 radical (unpaired) electrons. The molecule has 0 bridgehead atoms. The molecule has 0 fully saturated rings. The molecule has 3 nitrogen and oxygen atoms in total. The molecule has 0 aliphatic rings. The van der Waals surface area contributed by atoms with E-state index in [1.807, 2.05) is 6.92 Å². The van der Waals surface area contributed by atoms with Crippen LogP contribution in [0.25, 0.3) is 0 Å². The lowest BCUT2D eigenvalue weighted by Crippen LogP contribution is -2.13. The van der Waals surface area contributed by atoms with Crippen molar-refractivity contribution in [3.8, 4) is 11.8 Å². The SMILES string of the molecule is CCC#CCOCCC(N)=O.